The summed E-state index contributed by atoms with van der Waals surface area (Å²) in [4.78, 5) is 0. The molecule has 2 rings (SSSR count). The zero-order valence-electron chi connectivity index (χ0n) is 10.2. The molecule has 3 nitrogen and oxygen atoms in total. The quantitative estimate of drug-likeness (QED) is 0.785. The highest BCUT2D eigenvalue weighted by atomic mass is 16.5. The highest BCUT2D eigenvalue weighted by Crippen LogP contribution is 2.20. The minimum atomic E-state index is -1.45. The number of methoxy groups -OCH3 is 1. The fraction of sp³-hybridized carbons (Fsp3) is 0.143. The van der Waals surface area contributed by atoms with Gasteiger partial charge in [0.2, 0.25) is 0 Å². The van der Waals surface area contributed by atoms with Crippen LogP contribution >= 0.6 is 0 Å². The van der Waals surface area contributed by atoms with Crippen LogP contribution in [0.3, 0.4) is 0 Å². The molecule has 2 N–H and O–H groups in total. The average Bonchev–Trinajstić information content (AvgIpc) is 2.39. The fourth-order valence-electron chi connectivity index (χ4n) is 1.91. The van der Waals surface area contributed by atoms with Gasteiger partial charge in [-0.15, -0.1) is 0 Å². The summed E-state index contributed by atoms with van der Waals surface area (Å²) in [7, 11) is 0.157. The smallest absolute Gasteiger partial charge is 0.488 e. The second kappa shape index (κ2) is 5.71. The fourth-order valence-corrected chi connectivity index (χ4v) is 1.91. The first-order chi connectivity index (χ1) is 8.70. The summed E-state index contributed by atoms with van der Waals surface area (Å²) in [5, 5.41) is 18.4. The summed E-state index contributed by atoms with van der Waals surface area (Å²) in [5.41, 5.74) is 2.57. The van der Waals surface area contributed by atoms with E-state index in [1.807, 2.05) is 30.3 Å². The van der Waals surface area contributed by atoms with Crippen molar-refractivity contribution < 1.29 is 14.8 Å². The third kappa shape index (κ3) is 2.91. The molecular formula is C14H15BO3. The largest absolute Gasteiger partial charge is 0.496 e. The van der Waals surface area contributed by atoms with Gasteiger partial charge < -0.3 is 14.8 Å². The standard InChI is InChI=1S/C14H15BO3/c1-18-14-8-7-13(15(16)17)10-12(14)9-11-5-3-2-4-6-11/h2-8,10,16-17H,9H2,1H3. The third-order valence-electron chi connectivity index (χ3n) is 2.84. The lowest BCUT2D eigenvalue weighted by Gasteiger charge is -2.10. The maximum absolute atomic E-state index is 9.19. The summed E-state index contributed by atoms with van der Waals surface area (Å²) in [5.74, 6) is 0.753. The summed E-state index contributed by atoms with van der Waals surface area (Å²) in [6.45, 7) is 0. The van der Waals surface area contributed by atoms with Crippen molar-refractivity contribution in [2.75, 3.05) is 7.11 Å². The lowest BCUT2D eigenvalue weighted by molar-refractivity contribution is 0.410. The zero-order chi connectivity index (χ0) is 13.0. The Morgan fingerprint density at radius 3 is 2.39 bits per heavy atom. The molecule has 92 valence electrons. The zero-order valence-corrected chi connectivity index (χ0v) is 10.2. The van der Waals surface area contributed by atoms with Crippen molar-refractivity contribution >= 4 is 12.6 Å². The Bertz CT molecular complexity index is 512. The van der Waals surface area contributed by atoms with Gasteiger partial charge in [-0.2, -0.15) is 0 Å². The molecule has 0 aliphatic heterocycles. The van der Waals surface area contributed by atoms with E-state index >= 15 is 0 Å². The molecule has 0 fully saturated rings. The van der Waals surface area contributed by atoms with Crippen LogP contribution in [0, 0.1) is 0 Å². The Morgan fingerprint density at radius 1 is 1.06 bits per heavy atom. The van der Waals surface area contributed by atoms with Crippen molar-refractivity contribution in [2.24, 2.45) is 0 Å². The first kappa shape index (κ1) is 12.7. The van der Waals surface area contributed by atoms with Crippen molar-refractivity contribution in [3.63, 3.8) is 0 Å². The SMILES string of the molecule is COc1ccc(B(O)O)cc1Cc1ccccc1. The van der Waals surface area contributed by atoms with E-state index in [1.54, 1.807) is 25.3 Å². The van der Waals surface area contributed by atoms with Crippen LogP contribution in [0.5, 0.6) is 5.75 Å². The normalized spacial score (nSPS) is 10.2. The Labute approximate surface area is 107 Å². The molecule has 0 radical (unpaired) electrons. The van der Waals surface area contributed by atoms with Crippen molar-refractivity contribution in [2.45, 2.75) is 6.42 Å². The van der Waals surface area contributed by atoms with Gasteiger partial charge in [0.05, 0.1) is 7.11 Å². The minimum absolute atomic E-state index is 0.474. The molecule has 0 atom stereocenters. The van der Waals surface area contributed by atoms with Gasteiger partial charge in [0.25, 0.3) is 0 Å². The van der Waals surface area contributed by atoms with E-state index < -0.39 is 7.12 Å². The first-order valence-electron chi connectivity index (χ1n) is 5.77. The number of rotatable bonds is 4. The molecule has 0 aliphatic carbocycles. The molecule has 0 amide bonds. The van der Waals surface area contributed by atoms with Crippen LogP contribution in [0.25, 0.3) is 0 Å². The van der Waals surface area contributed by atoms with E-state index in [-0.39, 0.29) is 0 Å². The lowest BCUT2D eigenvalue weighted by atomic mass is 9.79. The predicted molar refractivity (Wildman–Crippen MR) is 72.1 cm³/mol. The molecule has 0 bridgehead atoms. The van der Waals surface area contributed by atoms with Crippen molar-refractivity contribution in [1.29, 1.82) is 0 Å². The van der Waals surface area contributed by atoms with E-state index in [4.69, 9.17) is 4.74 Å². The Morgan fingerprint density at radius 2 is 1.78 bits per heavy atom. The van der Waals surface area contributed by atoms with Crippen LogP contribution in [-0.4, -0.2) is 24.3 Å². The van der Waals surface area contributed by atoms with E-state index in [0.29, 0.717) is 11.9 Å². The van der Waals surface area contributed by atoms with Crippen LogP contribution in [0.15, 0.2) is 48.5 Å². The second-order valence-corrected chi connectivity index (χ2v) is 4.11. The number of hydrogen-bond acceptors (Lipinski definition) is 3. The maximum atomic E-state index is 9.19. The van der Waals surface area contributed by atoms with Gasteiger partial charge in [-0.25, -0.2) is 0 Å². The van der Waals surface area contributed by atoms with Crippen LogP contribution < -0.4 is 10.2 Å². The second-order valence-electron chi connectivity index (χ2n) is 4.11. The van der Waals surface area contributed by atoms with E-state index in [0.717, 1.165) is 16.9 Å². The molecule has 4 heteroatoms. The predicted octanol–water partition coefficient (Wildman–Crippen LogP) is 0.966. The number of ether oxygens (including phenoxy) is 1. The highest BCUT2D eigenvalue weighted by Gasteiger charge is 2.13. The molecule has 2 aromatic carbocycles. The van der Waals surface area contributed by atoms with Gasteiger partial charge in [-0.05, 0) is 22.7 Å². The summed E-state index contributed by atoms with van der Waals surface area (Å²) in [6, 6.07) is 15.2. The Balaban J connectivity index is 2.32. The molecule has 0 aliphatic rings. The molecule has 0 spiro atoms. The molecule has 0 heterocycles. The molecule has 0 aromatic heterocycles. The average molecular weight is 242 g/mol. The summed E-state index contributed by atoms with van der Waals surface area (Å²) >= 11 is 0. The number of benzene rings is 2. The van der Waals surface area contributed by atoms with Crippen molar-refractivity contribution in [1.82, 2.24) is 0 Å². The summed E-state index contributed by atoms with van der Waals surface area (Å²) < 4.78 is 5.29. The Hall–Kier alpha value is -1.78. The minimum Gasteiger partial charge on any atom is -0.496 e. The topological polar surface area (TPSA) is 49.7 Å². The number of hydrogen-bond donors (Lipinski definition) is 2. The van der Waals surface area contributed by atoms with Crippen LogP contribution in [-0.2, 0) is 6.42 Å². The molecule has 0 saturated heterocycles. The first-order valence-corrected chi connectivity index (χ1v) is 5.77. The van der Waals surface area contributed by atoms with Crippen molar-refractivity contribution in [3.05, 3.63) is 59.7 Å². The third-order valence-corrected chi connectivity index (χ3v) is 2.84. The molecular weight excluding hydrogens is 227 g/mol. The monoisotopic (exact) mass is 242 g/mol. The molecule has 2 aromatic rings. The van der Waals surface area contributed by atoms with Crippen LogP contribution in [0.1, 0.15) is 11.1 Å². The van der Waals surface area contributed by atoms with Gasteiger partial charge in [0.1, 0.15) is 5.75 Å². The summed E-state index contributed by atoms with van der Waals surface area (Å²) in [6.07, 6.45) is 0.699. The van der Waals surface area contributed by atoms with Gasteiger partial charge in [-0.3, -0.25) is 0 Å². The van der Waals surface area contributed by atoms with Gasteiger partial charge >= 0.3 is 7.12 Å². The van der Waals surface area contributed by atoms with Gasteiger partial charge in [0, 0.05) is 6.42 Å². The van der Waals surface area contributed by atoms with Crippen molar-refractivity contribution in [3.8, 4) is 5.75 Å². The molecule has 0 saturated carbocycles. The van der Waals surface area contributed by atoms with Gasteiger partial charge in [-0.1, -0.05) is 42.5 Å². The molecule has 18 heavy (non-hydrogen) atoms. The van der Waals surface area contributed by atoms with Crippen LogP contribution in [0.2, 0.25) is 0 Å². The van der Waals surface area contributed by atoms with Crippen LogP contribution in [0.4, 0.5) is 0 Å². The van der Waals surface area contributed by atoms with E-state index in [2.05, 4.69) is 0 Å². The highest BCUT2D eigenvalue weighted by molar-refractivity contribution is 6.58. The van der Waals surface area contributed by atoms with Gasteiger partial charge in [0.15, 0.2) is 0 Å². The maximum Gasteiger partial charge on any atom is 0.488 e. The Kier molecular flexibility index (Phi) is 4.02. The van der Waals surface area contributed by atoms with E-state index in [9.17, 15) is 10.0 Å². The van der Waals surface area contributed by atoms with E-state index in [1.165, 1.54) is 0 Å². The lowest BCUT2D eigenvalue weighted by Crippen LogP contribution is -2.30. The molecule has 0 unspecified atom stereocenters.